The zero-order valence-corrected chi connectivity index (χ0v) is 14.3. The lowest BCUT2D eigenvalue weighted by atomic mass is 9.87. The van der Waals surface area contributed by atoms with Crippen molar-refractivity contribution in [2.75, 3.05) is 18.0 Å². The summed E-state index contributed by atoms with van der Waals surface area (Å²) in [4.78, 5) is 10.4. The van der Waals surface area contributed by atoms with Crippen LogP contribution in [0.3, 0.4) is 0 Å². The van der Waals surface area contributed by atoms with Crippen molar-refractivity contribution in [3.05, 3.63) is 53.5 Å². The molecule has 1 fully saturated rings. The number of benzene rings is 1. The van der Waals surface area contributed by atoms with E-state index in [9.17, 15) is 13.2 Å². The molecule has 4 nitrogen and oxygen atoms in total. The minimum absolute atomic E-state index is 0.0154. The maximum Gasteiger partial charge on any atom is 0.418 e. The van der Waals surface area contributed by atoms with Crippen LogP contribution in [0.4, 0.5) is 19.2 Å². The molecule has 26 heavy (non-hydrogen) atoms. The molecule has 136 valence electrons. The van der Waals surface area contributed by atoms with Gasteiger partial charge < -0.3 is 9.32 Å². The Morgan fingerprint density at radius 3 is 2.77 bits per heavy atom. The summed E-state index contributed by atoms with van der Waals surface area (Å²) in [7, 11) is 0. The Bertz CT molecular complexity index is 935. The highest BCUT2D eigenvalue weighted by atomic mass is 19.4. The van der Waals surface area contributed by atoms with Crippen LogP contribution in [0.25, 0.3) is 10.9 Å². The van der Waals surface area contributed by atoms with Crippen LogP contribution in [-0.4, -0.2) is 23.1 Å². The fourth-order valence-corrected chi connectivity index (χ4v) is 3.67. The number of hydrogen-bond acceptors (Lipinski definition) is 4. The van der Waals surface area contributed by atoms with Gasteiger partial charge in [0.2, 0.25) is 0 Å². The summed E-state index contributed by atoms with van der Waals surface area (Å²) < 4.78 is 45.5. The first kappa shape index (κ1) is 16.9. The Morgan fingerprint density at radius 1 is 1.19 bits per heavy atom. The van der Waals surface area contributed by atoms with E-state index < -0.39 is 11.7 Å². The molecule has 1 atom stereocenters. The number of pyridine rings is 1. The highest BCUT2D eigenvalue weighted by Gasteiger charge is 2.34. The van der Waals surface area contributed by atoms with Crippen molar-refractivity contribution in [1.29, 1.82) is 0 Å². The minimum Gasteiger partial charge on any atom is -0.429 e. The van der Waals surface area contributed by atoms with Gasteiger partial charge >= 0.3 is 6.18 Å². The maximum absolute atomic E-state index is 13.3. The molecule has 1 aliphatic rings. The lowest BCUT2D eigenvalue weighted by Gasteiger charge is -2.32. The second-order valence-corrected chi connectivity index (χ2v) is 6.64. The molecule has 4 rings (SSSR count). The van der Waals surface area contributed by atoms with Gasteiger partial charge in [-0.3, -0.25) is 4.98 Å². The predicted octanol–water partition coefficient (Wildman–Crippen LogP) is 4.93. The van der Waals surface area contributed by atoms with Gasteiger partial charge in [-0.1, -0.05) is 12.1 Å². The predicted molar refractivity (Wildman–Crippen MR) is 92.2 cm³/mol. The fourth-order valence-electron chi connectivity index (χ4n) is 3.67. The number of aryl methyl sites for hydroxylation is 1. The molecule has 1 aliphatic heterocycles. The van der Waals surface area contributed by atoms with E-state index in [0.29, 0.717) is 17.9 Å². The first-order chi connectivity index (χ1) is 12.4. The molecule has 0 bridgehead atoms. The number of oxazole rings is 1. The minimum atomic E-state index is -4.42. The average Bonchev–Trinajstić information content (AvgIpc) is 3.06. The van der Waals surface area contributed by atoms with Gasteiger partial charge in [-0.05, 0) is 37.5 Å². The van der Waals surface area contributed by atoms with E-state index in [0.717, 1.165) is 36.8 Å². The Balaban J connectivity index is 1.72. The molecule has 0 saturated carbocycles. The summed E-state index contributed by atoms with van der Waals surface area (Å²) in [6, 6.07) is 6.73. The summed E-state index contributed by atoms with van der Waals surface area (Å²) >= 11 is 0. The van der Waals surface area contributed by atoms with E-state index in [1.165, 1.54) is 6.20 Å². The summed E-state index contributed by atoms with van der Waals surface area (Å²) in [6.45, 7) is 3.33. The molecule has 0 aliphatic carbocycles. The zero-order valence-electron chi connectivity index (χ0n) is 14.3. The van der Waals surface area contributed by atoms with E-state index in [2.05, 4.69) is 14.9 Å². The molecule has 0 spiro atoms. The Labute approximate surface area is 148 Å². The summed E-state index contributed by atoms with van der Waals surface area (Å²) in [5.41, 5.74) is 0.225. The lowest BCUT2D eigenvalue weighted by molar-refractivity contribution is -0.136. The number of piperidine rings is 1. The van der Waals surface area contributed by atoms with Crippen LogP contribution in [0, 0.1) is 6.92 Å². The number of alkyl halides is 3. The molecule has 2 aromatic heterocycles. The SMILES string of the molecule is Cc1cnc(N2CCCC(c3ccc(C(F)(F)F)c4ncccc34)C2)o1. The number of fused-ring (bicyclic) bond motifs is 1. The second kappa shape index (κ2) is 6.30. The van der Waals surface area contributed by atoms with E-state index in [-0.39, 0.29) is 11.4 Å². The molecule has 0 N–H and O–H groups in total. The molecule has 1 aromatic carbocycles. The van der Waals surface area contributed by atoms with Crippen molar-refractivity contribution in [3.8, 4) is 0 Å². The summed E-state index contributed by atoms with van der Waals surface area (Å²) in [5, 5.41) is 0.567. The maximum atomic E-state index is 13.3. The van der Waals surface area contributed by atoms with Crippen molar-refractivity contribution >= 4 is 16.9 Å². The molecule has 7 heteroatoms. The van der Waals surface area contributed by atoms with Crippen molar-refractivity contribution in [2.24, 2.45) is 0 Å². The highest BCUT2D eigenvalue weighted by molar-refractivity contribution is 5.86. The standard InChI is InChI=1S/C19H18F3N3O/c1-12-10-24-18(26-12)25-9-3-4-13(11-25)14-6-7-16(19(20,21)22)17-15(14)5-2-8-23-17/h2,5-8,10,13H,3-4,9,11H2,1H3. The quantitative estimate of drug-likeness (QED) is 0.649. The lowest BCUT2D eigenvalue weighted by Crippen LogP contribution is -2.34. The highest BCUT2D eigenvalue weighted by Crippen LogP contribution is 2.39. The first-order valence-electron chi connectivity index (χ1n) is 8.55. The van der Waals surface area contributed by atoms with Crippen LogP contribution >= 0.6 is 0 Å². The molecule has 3 aromatic rings. The molecule has 1 unspecified atom stereocenters. The van der Waals surface area contributed by atoms with E-state index in [1.54, 1.807) is 24.4 Å². The Hall–Kier alpha value is -2.57. The van der Waals surface area contributed by atoms with Crippen molar-refractivity contribution in [3.63, 3.8) is 0 Å². The first-order valence-corrected chi connectivity index (χ1v) is 8.55. The molecule has 3 heterocycles. The van der Waals surface area contributed by atoms with E-state index >= 15 is 0 Å². The molecular formula is C19H18F3N3O. The van der Waals surface area contributed by atoms with Gasteiger partial charge in [0.05, 0.1) is 17.3 Å². The molecule has 1 saturated heterocycles. The van der Waals surface area contributed by atoms with Crippen LogP contribution in [0.5, 0.6) is 0 Å². The van der Waals surface area contributed by atoms with Gasteiger partial charge in [0.1, 0.15) is 5.76 Å². The molecule has 0 amide bonds. The monoisotopic (exact) mass is 361 g/mol. The number of anilines is 1. The van der Waals surface area contributed by atoms with E-state index in [4.69, 9.17) is 4.42 Å². The average molecular weight is 361 g/mol. The Morgan fingerprint density at radius 2 is 2.04 bits per heavy atom. The zero-order chi connectivity index (χ0) is 18.3. The van der Waals surface area contributed by atoms with Crippen molar-refractivity contribution in [2.45, 2.75) is 31.9 Å². The number of halogens is 3. The van der Waals surface area contributed by atoms with Crippen LogP contribution in [0.15, 0.2) is 41.1 Å². The number of nitrogens with zero attached hydrogens (tertiary/aromatic N) is 3. The second-order valence-electron chi connectivity index (χ2n) is 6.64. The van der Waals surface area contributed by atoms with Crippen molar-refractivity contribution in [1.82, 2.24) is 9.97 Å². The molecule has 0 radical (unpaired) electrons. The van der Waals surface area contributed by atoms with Crippen molar-refractivity contribution < 1.29 is 17.6 Å². The van der Waals surface area contributed by atoms with Gasteiger partial charge in [-0.15, -0.1) is 0 Å². The number of hydrogen-bond donors (Lipinski definition) is 0. The summed E-state index contributed by atoms with van der Waals surface area (Å²) in [5.74, 6) is 0.844. The van der Waals surface area contributed by atoms with Crippen LogP contribution < -0.4 is 4.90 Å². The van der Waals surface area contributed by atoms with Gasteiger partial charge in [0, 0.05) is 30.6 Å². The topological polar surface area (TPSA) is 42.2 Å². The molecular weight excluding hydrogens is 343 g/mol. The normalized spacial score (nSPS) is 18.5. The van der Waals surface area contributed by atoms with E-state index in [1.807, 2.05) is 6.92 Å². The Kier molecular flexibility index (Phi) is 4.09. The fraction of sp³-hybridized carbons (Fsp3) is 0.368. The third-order valence-corrected chi connectivity index (χ3v) is 4.85. The number of rotatable bonds is 2. The summed E-state index contributed by atoms with van der Waals surface area (Å²) in [6.07, 6.45) is 0.500. The largest absolute Gasteiger partial charge is 0.429 e. The van der Waals surface area contributed by atoms with Gasteiger partial charge in [0.15, 0.2) is 0 Å². The van der Waals surface area contributed by atoms with Crippen LogP contribution in [0.2, 0.25) is 0 Å². The number of aromatic nitrogens is 2. The smallest absolute Gasteiger partial charge is 0.418 e. The van der Waals surface area contributed by atoms with Crippen LogP contribution in [0.1, 0.15) is 35.6 Å². The van der Waals surface area contributed by atoms with Gasteiger partial charge in [-0.25, -0.2) is 4.98 Å². The van der Waals surface area contributed by atoms with Crippen LogP contribution in [-0.2, 0) is 6.18 Å². The van der Waals surface area contributed by atoms with Gasteiger partial charge in [-0.2, -0.15) is 13.2 Å². The van der Waals surface area contributed by atoms with Gasteiger partial charge in [0.25, 0.3) is 6.01 Å². The third-order valence-electron chi connectivity index (χ3n) is 4.85. The third kappa shape index (κ3) is 3.02.